The van der Waals surface area contributed by atoms with Crippen LogP contribution in [0.4, 0.5) is 10.5 Å². The number of nitrogens with zero attached hydrogens (tertiary/aromatic N) is 1. The van der Waals surface area contributed by atoms with Gasteiger partial charge in [-0.05, 0) is 52.0 Å². The van der Waals surface area contributed by atoms with Gasteiger partial charge in [0, 0.05) is 16.6 Å². The highest BCUT2D eigenvalue weighted by molar-refractivity contribution is 7.13. The van der Waals surface area contributed by atoms with E-state index >= 15 is 0 Å². The van der Waals surface area contributed by atoms with E-state index in [1.165, 1.54) is 23.6 Å². The molecule has 2 aromatic rings. The lowest BCUT2D eigenvalue weighted by Crippen LogP contribution is -2.52. The zero-order chi connectivity index (χ0) is 24.8. The number of nitrogens with one attached hydrogen (secondary N) is 3. The third kappa shape index (κ3) is 7.84. The Morgan fingerprint density at radius 3 is 2.30 bits per heavy atom. The first-order valence-electron chi connectivity index (χ1n) is 9.90. The van der Waals surface area contributed by atoms with Gasteiger partial charge in [0.1, 0.15) is 28.4 Å². The highest BCUT2D eigenvalue weighted by Crippen LogP contribution is 2.25. The molecule has 1 heterocycles. The minimum atomic E-state index is -1.33. The van der Waals surface area contributed by atoms with E-state index in [1.807, 2.05) is 0 Å². The molecule has 3 amide bonds. The highest BCUT2D eigenvalue weighted by Gasteiger charge is 2.25. The Hall–Kier alpha value is -3.51. The molecule has 0 aliphatic rings. The predicted octanol–water partition coefficient (Wildman–Crippen LogP) is 1.84. The van der Waals surface area contributed by atoms with Gasteiger partial charge in [0.15, 0.2) is 0 Å². The maximum Gasteiger partial charge on any atom is 0.412 e. The lowest BCUT2D eigenvalue weighted by Gasteiger charge is -2.19. The van der Waals surface area contributed by atoms with Crippen LogP contribution in [0.5, 0.6) is 0 Å². The topological polar surface area (TPSA) is 167 Å². The molecule has 0 bridgehead atoms. The summed E-state index contributed by atoms with van der Waals surface area (Å²) in [6.07, 6.45) is -0.580. The number of aromatic nitrogens is 1. The summed E-state index contributed by atoms with van der Waals surface area (Å²) in [5.41, 5.74) is 0.630. The maximum atomic E-state index is 12.4. The monoisotopic (exact) mass is 478 g/mol. The maximum absolute atomic E-state index is 12.4. The molecule has 0 saturated heterocycles. The van der Waals surface area contributed by atoms with Crippen molar-refractivity contribution in [1.82, 2.24) is 15.6 Å². The van der Waals surface area contributed by atoms with Crippen LogP contribution in [0.3, 0.4) is 0 Å². The fraction of sp³-hybridized carbons (Fsp3) is 0.381. The average Bonchev–Trinajstić information content (AvgIpc) is 3.21. The predicted molar refractivity (Wildman–Crippen MR) is 121 cm³/mol. The molecule has 1 aromatic heterocycles. The molecule has 12 heteroatoms. The van der Waals surface area contributed by atoms with Crippen LogP contribution in [0, 0.1) is 0 Å². The van der Waals surface area contributed by atoms with Crippen LogP contribution < -0.4 is 16.0 Å². The number of aliphatic hydroxyl groups is 1. The molecule has 0 spiro atoms. The molecule has 2 unspecified atom stereocenters. The summed E-state index contributed by atoms with van der Waals surface area (Å²) in [6, 6.07) is 4.24. The largest absolute Gasteiger partial charge is 0.480 e. The Bertz CT molecular complexity index is 1010. The van der Waals surface area contributed by atoms with E-state index in [2.05, 4.69) is 20.9 Å². The molecule has 0 fully saturated rings. The van der Waals surface area contributed by atoms with Crippen molar-refractivity contribution in [3.63, 3.8) is 0 Å². The zero-order valence-corrected chi connectivity index (χ0v) is 19.4. The zero-order valence-electron chi connectivity index (χ0n) is 18.5. The van der Waals surface area contributed by atoms with Gasteiger partial charge in [-0.2, -0.15) is 0 Å². The van der Waals surface area contributed by atoms with Crippen LogP contribution in [-0.2, 0) is 14.3 Å². The first kappa shape index (κ1) is 25.7. The van der Waals surface area contributed by atoms with E-state index in [-0.39, 0.29) is 5.69 Å². The number of aliphatic hydroxyl groups excluding tert-OH is 1. The van der Waals surface area contributed by atoms with Gasteiger partial charge < -0.3 is 25.6 Å². The molecule has 11 nitrogen and oxygen atoms in total. The van der Waals surface area contributed by atoms with Crippen molar-refractivity contribution in [3.05, 3.63) is 35.3 Å². The quantitative estimate of drug-likeness (QED) is 0.383. The molecule has 1 aromatic carbocycles. The molecule has 33 heavy (non-hydrogen) atoms. The minimum Gasteiger partial charge on any atom is -0.480 e. The van der Waals surface area contributed by atoms with Crippen molar-refractivity contribution >= 4 is 40.9 Å². The van der Waals surface area contributed by atoms with Crippen LogP contribution in [0.1, 0.15) is 38.2 Å². The summed E-state index contributed by atoms with van der Waals surface area (Å²) >= 11 is 1.19. The number of carboxylic acid groups (broad SMARTS) is 1. The molecule has 178 valence electrons. The average molecular weight is 479 g/mol. The van der Waals surface area contributed by atoms with E-state index in [1.54, 1.807) is 45.0 Å². The third-order valence-electron chi connectivity index (χ3n) is 4.05. The van der Waals surface area contributed by atoms with Crippen LogP contribution in [0.15, 0.2) is 29.6 Å². The smallest absolute Gasteiger partial charge is 0.412 e. The number of aliphatic carboxylic acids is 1. The van der Waals surface area contributed by atoms with Crippen molar-refractivity contribution in [1.29, 1.82) is 0 Å². The number of hydrogen-bond donors (Lipinski definition) is 5. The Kier molecular flexibility index (Phi) is 8.49. The third-order valence-corrected chi connectivity index (χ3v) is 4.94. The van der Waals surface area contributed by atoms with Gasteiger partial charge in [0.25, 0.3) is 5.91 Å². The van der Waals surface area contributed by atoms with Crippen LogP contribution in [0.25, 0.3) is 10.6 Å². The molecule has 2 rings (SSSR count). The van der Waals surface area contributed by atoms with E-state index in [0.717, 1.165) is 0 Å². The molecule has 0 aliphatic heterocycles. The van der Waals surface area contributed by atoms with Gasteiger partial charge in [-0.3, -0.25) is 19.7 Å². The number of rotatable bonds is 8. The summed E-state index contributed by atoms with van der Waals surface area (Å²) in [4.78, 5) is 51.4. The SMILES string of the molecule is CC(NC(=O)C(CO)NC(=O)c1csc(-c2ccc(NC(=O)OC(C)(C)C)cc2)n1)C(=O)O. The Labute approximate surface area is 194 Å². The van der Waals surface area contributed by atoms with Gasteiger partial charge in [-0.15, -0.1) is 11.3 Å². The highest BCUT2D eigenvalue weighted by atomic mass is 32.1. The van der Waals surface area contributed by atoms with Crippen LogP contribution in [0.2, 0.25) is 0 Å². The Morgan fingerprint density at radius 1 is 1.12 bits per heavy atom. The first-order valence-corrected chi connectivity index (χ1v) is 10.8. The van der Waals surface area contributed by atoms with Crippen molar-refractivity contribution in [2.24, 2.45) is 0 Å². The Morgan fingerprint density at radius 2 is 1.76 bits per heavy atom. The fourth-order valence-corrected chi connectivity index (χ4v) is 3.24. The van der Waals surface area contributed by atoms with E-state index < -0.39 is 48.2 Å². The summed E-state index contributed by atoms with van der Waals surface area (Å²) in [7, 11) is 0. The van der Waals surface area contributed by atoms with E-state index in [4.69, 9.17) is 9.84 Å². The summed E-state index contributed by atoms with van der Waals surface area (Å²) in [5.74, 6) is -2.77. The van der Waals surface area contributed by atoms with Gasteiger partial charge in [0.2, 0.25) is 5.91 Å². The van der Waals surface area contributed by atoms with Crippen LogP contribution >= 0.6 is 11.3 Å². The molecule has 0 radical (unpaired) electrons. The lowest BCUT2D eigenvalue weighted by molar-refractivity contribution is -0.141. The summed E-state index contributed by atoms with van der Waals surface area (Å²) < 4.78 is 5.20. The second-order valence-electron chi connectivity index (χ2n) is 8.02. The number of benzene rings is 1. The first-order chi connectivity index (χ1) is 15.4. The number of carboxylic acids is 1. The molecule has 5 N–H and O–H groups in total. The van der Waals surface area contributed by atoms with E-state index in [0.29, 0.717) is 16.3 Å². The molecule has 2 atom stereocenters. The van der Waals surface area contributed by atoms with Gasteiger partial charge in [-0.1, -0.05) is 0 Å². The lowest BCUT2D eigenvalue weighted by atomic mass is 10.2. The van der Waals surface area contributed by atoms with Crippen molar-refractivity contribution < 1.29 is 34.1 Å². The molecule has 0 aliphatic carbocycles. The molecular formula is C21H26N4O7S. The normalized spacial score (nSPS) is 12.9. The van der Waals surface area contributed by atoms with Gasteiger partial charge in [0.05, 0.1) is 6.61 Å². The fourth-order valence-electron chi connectivity index (χ4n) is 2.43. The standard InChI is InChI=1S/C21H26N4O7S/c1-11(19(29)30)22-16(27)14(9-26)24-17(28)15-10-33-18(25-15)12-5-7-13(8-6-12)23-20(31)32-21(2,3)4/h5-8,10-11,14,26H,9H2,1-4H3,(H,22,27)(H,23,31)(H,24,28)(H,29,30). The number of ether oxygens (including phenoxy) is 1. The molecular weight excluding hydrogens is 452 g/mol. The molecule has 0 saturated carbocycles. The summed E-state index contributed by atoms with van der Waals surface area (Å²) in [5, 5.41) is 27.4. The Balaban J connectivity index is 2.01. The van der Waals surface area contributed by atoms with Crippen LogP contribution in [-0.4, -0.2) is 63.4 Å². The number of carbonyl (C=O) groups is 4. The summed E-state index contributed by atoms with van der Waals surface area (Å²) in [6.45, 7) is 5.83. The van der Waals surface area contributed by atoms with Gasteiger partial charge >= 0.3 is 12.1 Å². The van der Waals surface area contributed by atoms with Gasteiger partial charge in [-0.25, -0.2) is 9.78 Å². The number of hydrogen-bond acceptors (Lipinski definition) is 8. The second-order valence-corrected chi connectivity index (χ2v) is 8.88. The van der Waals surface area contributed by atoms with Crippen molar-refractivity contribution in [3.8, 4) is 10.6 Å². The number of thiazole rings is 1. The minimum absolute atomic E-state index is 0.0310. The number of amides is 3. The second kappa shape index (κ2) is 10.9. The number of carbonyl (C=O) groups excluding carboxylic acids is 3. The number of anilines is 1. The van der Waals surface area contributed by atoms with Crippen molar-refractivity contribution in [2.45, 2.75) is 45.4 Å². The van der Waals surface area contributed by atoms with Crippen molar-refractivity contribution in [2.75, 3.05) is 11.9 Å². The van der Waals surface area contributed by atoms with E-state index in [9.17, 15) is 24.3 Å².